The van der Waals surface area contributed by atoms with Gasteiger partial charge in [0.25, 0.3) is 5.91 Å². The maximum atomic E-state index is 13.8. The third kappa shape index (κ3) is 4.81. The number of hydrogen-bond acceptors (Lipinski definition) is 3. The van der Waals surface area contributed by atoms with Gasteiger partial charge in [-0.05, 0) is 45.0 Å². The molecule has 2 unspecified atom stereocenters. The van der Waals surface area contributed by atoms with Gasteiger partial charge in [-0.3, -0.25) is 4.79 Å². The molecule has 0 bridgehead atoms. The summed E-state index contributed by atoms with van der Waals surface area (Å²) in [6.07, 6.45) is 0.844. The Morgan fingerprint density at radius 2 is 2.10 bits per heavy atom. The highest BCUT2D eigenvalue weighted by Crippen LogP contribution is 2.21. The number of nitrogens with one attached hydrogen (secondary N) is 2. The highest BCUT2D eigenvalue weighted by molar-refractivity contribution is 5.77. The summed E-state index contributed by atoms with van der Waals surface area (Å²) in [5.74, 6) is -0.608. The molecular weight excluding hydrogens is 259 g/mol. The normalized spacial score (nSPS) is 13.7. The van der Waals surface area contributed by atoms with Crippen molar-refractivity contribution in [2.24, 2.45) is 0 Å². The molecule has 1 aromatic carbocycles. The zero-order valence-corrected chi connectivity index (χ0v) is 12.5. The van der Waals surface area contributed by atoms with Gasteiger partial charge in [-0.1, -0.05) is 13.0 Å². The monoisotopic (exact) mass is 282 g/mol. The Morgan fingerprint density at radius 1 is 1.40 bits per heavy atom. The van der Waals surface area contributed by atoms with Crippen LogP contribution in [-0.4, -0.2) is 25.6 Å². The second kappa shape index (κ2) is 7.85. The van der Waals surface area contributed by atoms with E-state index in [9.17, 15) is 9.18 Å². The average Bonchev–Trinajstić information content (AvgIpc) is 2.44. The maximum absolute atomic E-state index is 13.8. The van der Waals surface area contributed by atoms with E-state index in [0.29, 0.717) is 0 Å². The predicted octanol–water partition coefficient (Wildman–Crippen LogP) is 2.40. The summed E-state index contributed by atoms with van der Waals surface area (Å²) >= 11 is 0. The lowest BCUT2D eigenvalue weighted by Gasteiger charge is -2.14. The van der Waals surface area contributed by atoms with Crippen molar-refractivity contribution in [3.05, 3.63) is 29.6 Å². The molecule has 0 fully saturated rings. The second-order valence-electron chi connectivity index (χ2n) is 4.87. The number of carbonyl (C=O) groups excluding carboxylic acids is 1. The molecule has 112 valence electrons. The first-order chi connectivity index (χ1) is 9.47. The van der Waals surface area contributed by atoms with Crippen molar-refractivity contribution in [2.45, 2.75) is 39.3 Å². The van der Waals surface area contributed by atoms with Crippen LogP contribution in [0.15, 0.2) is 18.2 Å². The zero-order valence-electron chi connectivity index (χ0n) is 12.5. The van der Waals surface area contributed by atoms with E-state index in [0.717, 1.165) is 12.0 Å². The average molecular weight is 282 g/mol. The molecule has 1 aromatic rings. The van der Waals surface area contributed by atoms with Crippen molar-refractivity contribution < 1.29 is 13.9 Å². The molecule has 0 aromatic heterocycles. The summed E-state index contributed by atoms with van der Waals surface area (Å²) in [7, 11) is 1.81. The van der Waals surface area contributed by atoms with Gasteiger partial charge in [-0.25, -0.2) is 4.39 Å². The van der Waals surface area contributed by atoms with Gasteiger partial charge in [0.2, 0.25) is 0 Å². The molecule has 0 heterocycles. The summed E-state index contributed by atoms with van der Waals surface area (Å²) < 4.78 is 19.0. The van der Waals surface area contributed by atoms with Crippen LogP contribution in [0.25, 0.3) is 0 Å². The van der Waals surface area contributed by atoms with Gasteiger partial charge in [-0.2, -0.15) is 0 Å². The first-order valence-electron chi connectivity index (χ1n) is 6.86. The number of ether oxygens (including phenoxy) is 1. The van der Waals surface area contributed by atoms with Crippen LogP contribution in [0.1, 0.15) is 38.8 Å². The van der Waals surface area contributed by atoms with Gasteiger partial charge < -0.3 is 15.4 Å². The van der Waals surface area contributed by atoms with E-state index < -0.39 is 5.82 Å². The number of rotatable bonds is 7. The number of hydrogen-bond donors (Lipinski definition) is 2. The lowest BCUT2D eigenvalue weighted by Crippen LogP contribution is -2.35. The predicted molar refractivity (Wildman–Crippen MR) is 77.3 cm³/mol. The number of halogens is 1. The van der Waals surface area contributed by atoms with Crippen molar-refractivity contribution in [2.75, 3.05) is 13.7 Å². The minimum atomic E-state index is -0.457. The molecule has 20 heavy (non-hydrogen) atoms. The van der Waals surface area contributed by atoms with Gasteiger partial charge >= 0.3 is 0 Å². The highest BCUT2D eigenvalue weighted by atomic mass is 19.1. The molecule has 0 saturated heterocycles. The van der Waals surface area contributed by atoms with Crippen LogP contribution in [0, 0.1) is 5.82 Å². The Morgan fingerprint density at radius 3 is 2.65 bits per heavy atom. The Labute approximate surface area is 119 Å². The van der Waals surface area contributed by atoms with Crippen molar-refractivity contribution >= 4 is 5.91 Å². The van der Waals surface area contributed by atoms with Crippen LogP contribution in [-0.2, 0) is 4.79 Å². The fraction of sp³-hybridized carbons (Fsp3) is 0.533. The number of amides is 1. The topological polar surface area (TPSA) is 50.4 Å². The minimum Gasteiger partial charge on any atom is -0.481 e. The van der Waals surface area contributed by atoms with E-state index in [1.54, 1.807) is 12.1 Å². The molecule has 2 N–H and O–H groups in total. The van der Waals surface area contributed by atoms with Gasteiger partial charge in [0, 0.05) is 12.1 Å². The summed E-state index contributed by atoms with van der Waals surface area (Å²) in [5.41, 5.74) is 0.835. The molecule has 1 amide bonds. The van der Waals surface area contributed by atoms with Crippen LogP contribution in [0.2, 0.25) is 0 Å². The highest BCUT2D eigenvalue weighted by Gasteiger charge is 2.11. The van der Waals surface area contributed by atoms with Gasteiger partial charge in [-0.15, -0.1) is 0 Å². The minimum absolute atomic E-state index is 0.0623. The third-order valence-corrected chi connectivity index (χ3v) is 3.27. The molecule has 2 atom stereocenters. The van der Waals surface area contributed by atoms with Gasteiger partial charge in [0.1, 0.15) is 0 Å². The quantitative estimate of drug-likeness (QED) is 0.807. The summed E-state index contributed by atoms with van der Waals surface area (Å²) in [4.78, 5) is 11.5. The van der Waals surface area contributed by atoms with Crippen LogP contribution in [0.5, 0.6) is 5.75 Å². The molecule has 0 radical (unpaired) electrons. The van der Waals surface area contributed by atoms with Gasteiger partial charge in [0.15, 0.2) is 18.2 Å². The lowest BCUT2D eigenvalue weighted by atomic mass is 10.1. The molecule has 0 spiro atoms. The summed E-state index contributed by atoms with van der Waals surface area (Å²) in [6, 6.07) is 4.91. The molecule has 5 heteroatoms. The Hall–Kier alpha value is -1.62. The van der Waals surface area contributed by atoms with Crippen molar-refractivity contribution in [3.63, 3.8) is 0 Å². The summed E-state index contributed by atoms with van der Waals surface area (Å²) in [6.45, 7) is 5.65. The fourth-order valence-corrected chi connectivity index (χ4v) is 1.63. The maximum Gasteiger partial charge on any atom is 0.258 e. The SMILES string of the molecule is CCC(C)NC(=O)COc1ccc(C(C)NC)cc1F. The smallest absolute Gasteiger partial charge is 0.258 e. The van der Waals surface area contributed by atoms with E-state index in [-0.39, 0.29) is 30.3 Å². The van der Waals surface area contributed by atoms with Crippen LogP contribution in [0.3, 0.4) is 0 Å². The first kappa shape index (κ1) is 16.4. The standard InChI is InChI=1S/C15H23FN2O2/c1-5-10(2)18-15(19)9-20-14-7-6-12(8-13(14)16)11(3)17-4/h6-8,10-11,17H,5,9H2,1-4H3,(H,18,19). The largest absolute Gasteiger partial charge is 0.481 e. The Balaban J connectivity index is 2.59. The van der Waals surface area contributed by atoms with Crippen molar-refractivity contribution in [1.29, 1.82) is 0 Å². The molecule has 0 aliphatic heterocycles. The van der Waals surface area contributed by atoms with Crippen molar-refractivity contribution in [3.8, 4) is 5.75 Å². The molecular formula is C15H23FN2O2. The van der Waals surface area contributed by atoms with E-state index in [1.807, 2.05) is 27.8 Å². The second-order valence-corrected chi connectivity index (χ2v) is 4.87. The fourth-order valence-electron chi connectivity index (χ4n) is 1.63. The zero-order chi connectivity index (χ0) is 15.1. The lowest BCUT2D eigenvalue weighted by molar-refractivity contribution is -0.123. The van der Waals surface area contributed by atoms with Crippen LogP contribution >= 0.6 is 0 Å². The van der Waals surface area contributed by atoms with E-state index in [4.69, 9.17) is 4.74 Å². The summed E-state index contributed by atoms with van der Waals surface area (Å²) in [5, 5.41) is 5.80. The Bertz CT molecular complexity index is 451. The number of carbonyl (C=O) groups is 1. The molecule has 0 saturated carbocycles. The molecule has 1 rings (SSSR count). The molecule has 4 nitrogen and oxygen atoms in total. The van der Waals surface area contributed by atoms with Crippen LogP contribution < -0.4 is 15.4 Å². The van der Waals surface area contributed by atoms with E-state index in [2.05, 4.69) is 10.6 Å². The molecule has 0 aliphatic carbocycles. The van der Waals surface area contributed by atoms with Gasteiger partial charge in [0.05, 0.1) is 0 Å². The van der Waals surface area contributed by atoms with E-state index in [1.165, 1.54) is 6.07 Å². The van der Waals surface area contributed by atoms with E-state index >= 15 is 0 Å². The number of benzene rings is 1. The van der Waals surface area contributed by atoms with Crippen LogP contribution in [0.4, 0.5) is 4.39 Å². The Kier molecular flexibility index (Phi) is 6.45. The first-order valence-corrected chi connectivity index (χ1v) is 6.86. The van der Waals surface area contributed by atoms with Crippen molar-refractivity contribution in [1.82, 2.24) is 10.6 Å². The molecule has 0 aliphatic rings. The third-order valence-electron chi connectivity index (χ3n) is 3.27.